The number of carbonyl (C=O) groups is 1. The SMILES string of the molecule is CCOC(=O)/C=C/C=C/[C@@H](C)CC. The van der Waals surface area contributed by atoms with Crippen LogP contribution in [0.4, 0.5) is 0 Å². The third kappa shape index (κ3) is 7.32. The van der Waals surface area contributed by atoms with E-state index in [-0.39, 0.29) is 5.97 Å². The van der Waals surface area contributed by atoms with Crippen LogP contribution in [-0.2, 0) is 9.53 Å². The Bertz CT molecular complexity index is 192. The van der Waals surface area contributed by atoms with Gasteiger partial charge in [0.15, 0.2) is 0 Å². The molecule has 0 radical (unpaired) electrons. The van der Waals surface area contributed by atoms with E-state index in [2.05, 4.69) is 19.9 Å². The molecule has 1 atom stereocenters. The lowest BCUT2D eigenvalue weighted by molar-refractivity contribution is -0.137. The summed E-state index contributed by atoms with van der Waals surface area (Å²) in [5.41, 5.74) is 0. The molecule has 0 saturated heterocycles. The van der Waals surface area contributed by atoms with Crippen LogP contribution in [0.1, 0.15) is 27.2 Å². The van der Waals surface area contributed by atoms with Crippen molar-refractivity contribution in [3.05, 3.63) is 24.3 Å². The molecule has 0 aliphatic carbocycles. The topological polar surface area (TPSA) is 26.3 Å². The molecule has 0 rings (SSSR count). The molecule has 0 aromatic rings. The standard InChI is InChI=1S/C11H18O2/c1-4-10(3)8-6-7-9-11(12)13-5-2/h6-10H,4-5H2,1-3H3/b8-6+,9-7+/t10-/m0/s1. The maximum absolute atomic E-state index is 10.8. The predicted molar refractivity (Wildman–Crippen MR) is 54.4 cm³/mol. The number of hydrogen-bond acceptors (Lipinski definition) is 2. The maximum Gasteiger partial charge on any atom is 0.330 e. The van der Waals surface area contributed by atoms with E-state index in [9.17, 15) is 4.79 Å². The Kier molecular flexibility index (Phi) is 6.98. The summed E-state index contributed by atoms with van der Waals surface area (Å²) in [4.78, 5) is 10.8. The smallest absolute Gasteiger partial charge is 0.330 e. The highest BCUT2D eigenvalue weighted by molar-refractivity contribution is 5.82. The predicted octanol–water partition coefficient (Wildman–Crippen LogP) is 2.71. The highest BCUT2D eigenvalue weighted by Crippen LogP contribution is 2.01. The highest BCUT2D eigenvalue weighted by Gasteiger charge is 1.91. The van der Waals surface area contributed by atoms with Gasteiger partial charge in [0.25, 0.3) is 0 Å². The number of carbonyl (C=O) groups excluding carboxylic acids is 1. The Morgan fingerprint density at radius 2 is 2.08 bits per heavy atom. The number of esters is 1. The first-order valence-electron chi connectivity index (χ1n) is 4.72. The molecule has 0 bridgehead atoms. The molecule has 0 aromatic heterocycles. The molecule has 2 nitrogen and oxygen atoms in total. The molecule has 0 saturated carbocycles. The molecule has 74 valence electrons. The quantitative estimate of drug-likeness (QED) is 0.371. The lowest BCUT2D eigenvalue weighted by atomic mass is 10.1. The van der Waals surface area contributed by atoms with Crippen molar-refractivity contribution < 1.29 is 9.53 Å². The molecule has 0 aromatic carbocycles. The fourth-order valence-corrected chi connectivity index (χ4v) is 0.714. The minimum atomic E-state index is -0.281. The summed E-state index contributed by atoms with van der Waals surface area (Å²) >= 11 is 0. The van der Waals surface area contributed by atoms with Gasteiger partial charge in [0, 0.05) is 6.08 Å². The van der Waals surface area contributed by atoms with Gasteiger partial charge in [0.05, 0.1) is 6.61 Å². The zero-order chi connectivity index (χ0) is 10.1. The van der Waals surface area contributed by atoms with Gasteiger partial charge in [-0.2, -0.15) is 0 Å². The monoisotopic (exact) mass is 182 g/mol. The number of allylic oxidation sites excluding steroid dienone is 3. The molecule has 0 aliphatic heterocycles. The number of ether oxygens (including phenoxy) is 1. The van der Waals surface area contributed by atoms with E-state index in [0.717, 1.165) is 6.42 Å². The average molecular weight is 182 g/mol. The number of hydrogen-bond donors (Lipinski definition) is 0. The lowest BCUT2D eigenvalue weighted by Gasteiger charge is -1.97. The van der Waals surface area contributed by atoms with Gasteiger partial charge in [-0.05, 0) is 12.8 Å². The Balaban J connectivity index is 3.73. The largest absolute Gasteiger partial charge is 0.463 e. The highest BCUT2D eigenvalue weighted by atomic mass is 16.5. The minimum Gasteiger partial charge on any atom is -0.463 e. The summed E-state index contributed by atoms with van der Waals surface area (Å²) in [7, 11) is 0. The molecule has 0 heterocycles. The minimum absolute atomic E-state index is 0.281. The second-order valence-electron chi connectivity index (χ2n) is 2.88. The summed E-state index contributed by atoms with van der Waals surface area (Å²) in [6.07, 6.45) is 8.21. The van der Waals surface area contributed by atoms with E-state index in [1.807, 2.05) is 6.08 Å². The van der Waals surface area contributed by atoms with Gasteiger partial charge in [-0.25, -0.2) is 4.79 Å². The van der Waals surface area contributed by atoms with E-state index < -0.39 is 0 Å². The normalized spacial score (nSPS) is 13.8. The Morgan fingerprint density at radius 1 is 1.38 bits per heavy atom. The molecule has 2 heteroatoms. The van der Waals surface area contributed by atoms with E-state index in [4.69, 9.17) is 4.74 Å². The van der Waals surface area contributed by atoms with Crippen LogP contribution in [0.5, 0.6) is 0 Å². The second kappa shape index (κ2) is 7.59. The van der Waals surface area contributed by atoms with Gasteiger partial charge in [-0.3, -0.25) is 0 Å². The van der Waals surface area contributed by atoms with Crippen molar-refractivity contribution in [2.24, 2.45) is 5.92 Å². The molecule has 0 N–H and O–H groups in total. The summed E-state index contributed by atoms with van der Waals surface area (Å²) in [5, 5.41) is 0. The maximum atomic E-state index is 10.8. The molecule has 0 aliphatic rings. The van der Waals surface area contributed by atoms with Crippen LogP contribution in [-0.4, -0.2) is 12.6 Å². The van der Waals surface area contributed by atoms with Crippen molar-refractivity contribution in [1.29, 1.82) is 0 Å². The van der Waals surface area contributed by atoms with E-state index in [1.165, 1.54) is 6.08 Å². The number of rotatable bonds is 5. The third-order valence-electron chi connectivity index (χ3n) is 1.71. The van der Waals surface area contributed by atoms with Crippen molar-refractivity contribution in [3.8, 4) is 0 Å². The van der Waals surface area contributed by atoms with Gasteiger partial charge in [0.2, 0.25) is 0 Å². The summed E-state index contributed by atoms with van der Waals surface area (Å²) in [6.45, 7) is 6.48. The molecule has 0 unspecified atom stereocenters. The molecule has 0 spiro atoms. The zero-order valence-electron chi connectivity index (χ0n) is 8.62. The van der Waals surface area contributed by atoms with Gasteiger partial charge in [-0.15, -0.1) is 0 Å². The average Bonchev–Trinajstić information content (AvgIpc) is 2.12. The fourth-order valence-electron chi connectivity index (χ4n) is 0.714. The Labute approximate surface area is 80.3 Å². The lowest BCUT2D eigenvalue weighted by Crippen LogP contribution is -1.98. The molecular weight excluding hydrogens is 164 g/mol. The van der Waals surface area contributed by atoms with Crippen LogP contribution >= 0.6 is 0 Å². The van der Waals surface area contributed by atoms with Crippen LogP contribution < -0.4 is 0 Å². The van der Waals surface area contributed by atoms with E-state index >= 15 is 0 Å². The van der Waals surface area contributed by atoms with Crippen molar-refractivity contribution in [3.63, 3.8) is 0 Å². The summed E-state index contributed by atoms with van der Waals surface area (Å²) in [5.74, 6) is 0.281. The first-order chi connectivity index (χ1) is 6.20. The van der Waals surface area contributed by atoms with Gasteiger partial charge >= 0.3 is 5.97 Å². The molecule has 0 fully saturated rings. The van der Waals surface area contributed by atoms with Crippen LogP contribution in [0.3, 0.4) is 0 Å². The van der Waals surface area contributed by atoms with Gasteiger partial charge in [-0.1, -0.05) is 38.5 Å². The van der Waals surface area contributed by atoms with E-state index in [0.29, 0.717) is 12.5 Å². The van der Waals surface area contributed by atoms with Crippen molar-refractivity contribution in [2.45, 2.75) is 27.2 Å². The second-order valence-corrected chi connectivity index (χ2v) is 2.88. The fraction of sp³-hybridized carbons (Fsp3) is 0.545. The Hall–Kier alpha value is -1.05. The molecular formula is C11H18O2. The molecule has 13 heavy (non-hydrogen) atoms. The van der Waals surface area contributed by atoms with Gasteiger partial charge < -0.3 is 4.74 Å². The molecule has 0 amide bonds. The van der Waals surface area contributed by atoms with Crippen LogP contribution in [0.15, 0.2) is 24.3 Å². The zero-order valence-corrected chi connectivity index (χ0v) is 8.62. The van der Waals surface area contributed by atoms with E-state index in [1.54, 1.807) is 13.0 Å². The summed E-state index contributed by atoms with van der Waals surface area (Å²) < 4.78 is 4.72. The third-order valence-corrected chi connectivity index (χ3v) is 1.71. The van der Waals surface area contributed by atoms with Crippen LogP contribution in [0.2, 0.25) is 0 Å². The van der Waals surface area contributed by atoms with Crippen LogP contribution in [0, 0.1) is 5.92 Å². The Morgan fingerprint density at radius 3 is 2.62 bits per heavy atom. The van der Waals surface area contributed by atoms with Crippen LogP contribution in [0.25, 0.3) is 0 Å². The summed E-state index contributed by atoms with van der Waals surface area (Å²) in [6, 6.07) is 0. The van der Waals surface area contributed by atoms with Gasteiger partial charge in [0.1, 0.15) is 0 Å². The van der Waals surface area contributed by atoms with Crippen molar-refractivity contribution in [2.75, 3.05) is 6.61 Å². The first-order valence-corrected chi connectivity index (χ1v) is 4.72. The first kappa shape index (κ1) is 11.9. The van der Waals surface area contributed by atoms with Crippen molar-refractivity contribution >= 4 is 5.97 Å². The van der Waals surface area contributed by atoms with Crippen molar-refractivity contribution in [1.82, 2.24) is 0 Å².